The molecule has 19 heavy (non-hydrogen) atoms. The van der Waals surface area contributed by atoms with Gasteiger partial charge >= 0.3 is 0 Å². The zero-order valence-electron chi connectivity index (χ0n) is 11.8. The monoisotopic (exact) mass is 256 g/mol. The van der Waals surface area contributed by atoms with Crippen LogP contribution >= 0.6 is 0 Å². The average Bonchev–Trinajstić information content (AvgIpc) is 2.87. The van der Waals surface area contributed by atoms with E-state index in [0.717, 1.165) is 12.6 Å². The first-order valence-corrected chi connectivity index (χ1v) is 7.52. The summed E-state index contributed by atoms with van der Waals surface area (Å²) in [5, 5.41) is 0. The highest BCUT2D eigenvalue weighted by molar-refractivity contribution is 5.48. The van der Waals surface area contributed by atoms with Crippen LogP contribution in [0.15, 0.2) is 36.4 Å². The molecule has 0 bridgehead atoms. The van der Waals surface area contributed by atoms with Crippen LogP contribution in [0.25, 0.3) is 6.08 Å². The summed E-state index contributed by atoms with van der Waals surface area (Å²) in [6.07, 6.45) is 7.35. The van der Waals surface area contributed by atoms with Crippen LogP contribution in [0, 0.1) is 0 Å². The summed E-state index contributed by atoms with van der Waals surface area (Å²) >= 11 is 0. The van der Waals surface area contributed by atoms with E-state index in [1.54, 1.807) is 0 Å². The predicted molar refractivity (Wildman–Crippen MR) is 81.1 cm³/mol. The van der Waals surface area contributed by atoms with Crippen molar-refractivity contribution in [3.8, 4) is 0 Å². The molecule has 0 aromatic heterocycles. The van der Waals surface area contributed by atoms with Gasteiger partial charge in [-0.05, 0) is 31.9 Å². The summed E-state index contributed by atoms with van der Waals surface area (Å²) in [6.45, 7) is 7.28. The molecule has 0 saturated carbocycles. The number of fused-ring (bicyclic) bond motifs is 1. The van der Waals surface area contributed by atoms with Gasteiger partial charge in [0.1, 0.15) is 0 Å². The van der Waals surface area contributed by atoms with Crippen LogP contribution in [0.3, 0.4) is 0 Å². The van der Waals surface area contributed by atoms with E-state index in [0.29, 0.717) is 6.04 Å². The van der Waals surface area contributed by atoms with E-state index >= 15 is 0 Å². The standard InChI is InChI=1S/C17H24N2/c1-15-13-19-12-6-10-17(19)14-18(15)11-5-9-16-7-3-2-4-8-16/h2-5,7-9,15,17H,6,10-14H2,1H3/b9-5+/t15-,17+/m0/s1. The van der Waals surface area contributed by atoms with Gasteiger partial charge in [-0.1, -0.05) is 42.5 Å². The first-order valence-electron chi connectivity index (χ1n) is 7.52. The second-order valence-electron chi connectivity index (χ2n) is 5.91. The minimum atomic E-state index is 0.690. The summed E-state index contributed by atoms with van der Waals surface area (Å²) < 4.78 is 0. The van der Waals surface area contributed by atoms with E-state index in [1.165, 1.54) is 38.0 Å². The van der Waals surface area contributed by atoms with Gasteiger partial charge in [0.15, 0.2) is 0 Å². The van der Waals surface area contributed by atoms with E-state index in [9.17, 15) is 0 Å². The Kier molecular flexibility index (Phi) is 4.00. The predicted octanol–water partition coefficient (Wildman–Crippen LogP) is 2.87. The zero-order chi connectivity index (χ0) is 13.1. The van der Waals surface area contributed by atoms with E-state index in [-0.39, 0.29) is 0 Å². The summed E-state index contributed by atoms with van der Waals surface area (Å²) in [6, 6.07) is 12.1. The average molecular weight is 256 g/mol. The fraction of sp³-hybridized carbons (Fsp3) is 0.529. The lowest BCUT2D eigenvalue weighted by Gasteiger charge is -2.41. The molecule has 2 saturated heterocycles. The number of rotatable bonds is 3. The van der Waals surface area contributed by atoms with Crippen molar-refractivity contribution in [1.29, 1.82) is 0 Å². The smallest absolute Gasteiger partial charge is 0.0224 e. The number of hydrogen-bond acceptors (Lipinski definition) is 2. The quantitative estimate of drug-likeness (QED) is 0.820. The molecule has 102 valence electrons. The van der Waals surface area contributed by atoms with Crippen LogP contribution in [-0.2, 0) is 0 Å². The van der Waals surface area contributed by atoms with Crippen molar-refractivity contribution in [2.75, 3.05) is 26.2 Å². The van der Waals surface area contributed by atoms with E-state index in [1.807, 2.05) is 0 Å². The van der Waals surface area contributed by atoms with Gasteiger partial charge in [0.2, 0.25) is 0 Å². The summed E-state index contributed by atoms with van der Waals surface area (Å²) in [4.78, 5) is 5.31. The van der Waals surface area contributed by atoms with Gasteiger partial charge in [-0.25, -0.2) is 0 Å². The molecule has 0 spiro atoms. The van der Waals surface area contributed by atoms with Crippen molar-refractivity contribution in [1.82, 2.24) is 9.80 Å². The first-order chi connectivity index (χ1) is 9.33. The lowest BCUT2D eigenvalue weighted by Crippen LogP contribution is -2.54. The van der Waals surface area contributed by atoms with Gasteiger partial charge < -0.3 is 0 Å². The molecule has 1 aromatic rings. The van der Waals surface area contributed by atoms with Crippen molar-refractivity contribution < 1.29 is 0 Å². The summed E-state index contributed by atoms with van der Waals surface area (Å²) in [7, 11) is 0. The number of hydrogen-bond donors (Lipinski definition) is 0. The molecule has 0 radical (unpaired) electrons. The topological polar surface area (TPSA) is 6.48 Å². The third-order valence-corrected chi connectivity index (χ3v) is 4.52. The molecule has 0 aliphatic carbocycles. The molecule has 0 unspecified atom stereocenters. The van der Waals surface area contributed by atoms with Crippen LogP contribution in [0.4, 0.5) is 0 Å². The first kappa shape index (κ1) is 12.9. The SMILES string of the molecule is C[C@H]1CN2CCC[C@@H]2CN1C/C=C/c1ccccc1. The van der Waals surface area contributed by atoms with Crippen molar-refractivity contribution in [2.45, 2.75) is 31.8 Å². The fourth-order valence-corrected chi connectivity index (χ4v) is 3.39. The number of piperazine rings is 1. The maximum absolute atomic E-state index is 2.68. The van der Waals surface area contributed by atoms with E-state index in [4.69, 9.17) is 0 Å². The Morgan fingerprint density at radius 1 is 1.21 bits per heavy atom. The Balaban J connectivity index is 1.56. The summed E-state index contributed by atoms with van der Waals surface area (Å²) in [5.74, 6) is 0. The molecule has 2 heterocycles. The van der Waals surface area contributed by atoms with Gasteiger partial charge in [0.05, 0.1) is 0 Å². The second-order valence-corrected chi connectivity index (χ2v) is 5.91. The van der Waals surface area contributed by atoms with E-state index in [2.05, 4.69) is 59.2 Å². The summed E-state index contributed by atoms with van der Waals surface area (Å²) in [5.41, 5.74) is 1.30. The highest BCUT2D eigenvalue weighted by Gasteiger charge is 2.33. The maximum atomic E-state index is 2.68. The second kappa shape index (κ2) is 5.89. The Morgan fingerprint density at radius 2 is 2.05 bits per heavy atom. The minimum Gasteiger partial charge on any atom is -0.298 e. The van der Waals surface area contributed by atoms with Crippen molar-refractivity contribution in [2.24, 2.45) is 0 Å². The highest BCUT2D eigenvalue weighted by atomic mass is 15.3. The Morgan fingerprint density at radius 3 is 2.89 bits per heavy atom. The molecule has 2 aliphatic rings. The van der Waals surface area contributed by atoms with Crippen LogP contribution in [-0.4, -0.2) is 48.1 Å². The molecule has 2 heteroatoms. The Bertz CT molecular complexity index is 426. The van der Waals surface area contributed by atoms with E-state index < -0.39 is 0 Å². The van der Waals surface area contributed by atoms with Gasteiger partial charge in [0, 0.05) is 31.7 Å². The van der Waals surface area contributed by atoms with Gasteiger partial charge in [-0.3, -0.25) is 9.80 Å². The Hall–Kier alpha value is -1.12. The maximum Gasteiger partial charge on any atom is 0.0224 e. The van der Waals surface area contributed by atoms with Crippen LogP contribution < -0.4 is 0 Å². The normalized spacial score (nSPS) is 28.9. The van der Waals surface area contributed by atoms with Crippen LogP contribution in [0.2, 0.25) is 0 Å². The minimum absolute atomic E-state index is 0.690. The molecule has 1 aromatic carbocycles. The molecule has 3 rings (SSSR count). The molecule has 2 aliphatic heterocycles. The van der Waals surface area contributed by atoms with Gasteiger partial charge in [-0.2, -0.15) is 0 Å². The fourth-order valence-electron chi connectivity index (χ4n) is 3.39. The number of benzene rings is 1. The molecule has 2 fully saturated rings. The van der Waals surface area contributed by atoms with Gasteiger partial charge in [-0.15, -0.1) is 0 Å². The third-order valence-electron chi connectivity index (χ3n) is 4.52. The lowest BCUT2D eigenvalue weighted by molar-refractivity contribution is 0.0686. The van der Waals surface area contributed by atoms with Crippen LogP contribution in [0.1, 0.15) is 25.3 Å². The Labute approximate surface area is 116 Å². The molecule has 2 nitrogen and oxygen atoms in total. The number of nitrogens with zero attached hydrogens (tertiary/aromatic N) is 2. The van der Waals surface area contributed by atoms with Crippen molar-refractivity contribution >= 4 is 6.08 Å². The molecular weight excluding hydrogens is 232 g/mol. The molecule has 0 amide bonds. The van der Waals surface area contributed by atoms with Crippen molar-refractivity contribution in [3.63, 3.8) is 0 Å². The molecule has 0 N–H and O–H groups in total. The van der Waals surface area contributed by atoms with Crippen molar-refractivity contribution in [3.05, 3.63) is 42.0 Å². The third kappa shape index (κ3) is 3.07. The van der Waals surface area contributed by atoms with Gasteiger partial charge in [0.25, 0.3) is 0 Å². The van der Waals surface area contributed by atoms with Crippen LogP contribution in [0.5, 0.6) is 0 Å². The largest absolute Gasteiger partial charge is 0.298 e. The zero-order valence-corrected chi connectivity index (χ0v) is 11.8. The lowest BCUT2D eigenvalue weighted by atomic mass is 10.1. The highest BCUT2D eigenvalue weighted by Crippen LogP contribution is 2.24. The molecule has 2 atom stereocenters. The molecular formula is C17H24N2.